The molecule has 3 atom stereocenters. The van der Waals surface area contributed by atoms with Crippen LogP contribution in [0.5, 0.6) is 0 Å². The van der Waals surface area contributed by atoms with E-state index in [2.05, 4.69) is 16.3 Å². The standard InChI is InChI=1S/C21H26N4O4/c22-15-8-21(5-6-29-12-21)24(11-15)9-13-1-2-16-14(7-13)10-25(20(16)28)17-3-4-18(26)23-19(17)27/h1-2,7,15,17H,3-6,8-12,22H2,(H,23,26,27). The van der Waals surface area contributed by atoms with Gasteiger partial charge in [-0.05, 0) is 36.5 Å². The minimum Gasteiger partial charge on any atom is -0.379 e. The first-order chi connectivity index (χ1) is 13.9. The highest BCUT2D eigenvalue weighted by atomic mass is 16.5. The van der Waals surface area contributed by atoms with Gasteiger partial charge in [0.1, 0.15) is 6.04 Å². The Labute approximate surface area is 169 Å². The molecule has 0 aromatic heterocycles. The predicted molar refractivity (Wildman–Crippen MR) is 104 cm³/mol. The Balaban J connectivity index is 1.34. The van der Waals surface area contributed by atoms with E-state index in [1.165, 1.54) is 0 Å². The van der Waals surface area contributed by atoms with E-state index in [0.29, 0.717) is 18.5 Å². The largest absolute Gasteiger partial charge is 0.379 e. The van der Waals surface area contributed by atoms with Crippen molar-refractivity contribution in [2.75, 3.05) is 19.8 Å². The molecule has 29 heavy (non-hydrogen) atoms. The number of likely N-dealkylation sites (tertiary alicyclic amines) is 1. The molecule has 3 amide bonds. The second kappa shape index (κ2) is 6.90. The molecular formula is C21H26N4O4. The molecule has 1 aromatic carbocycles. The molecule has 4 aliphatic heterocycles. The third-order valence-electron chi connectivity index (χ3n) is 6.81. The Morgan fingerprint density at radius 3 is 2.90 bits per heavy atom. The Kier molecular flexibility index (Phi) is 4.45. The molecule has 4 heterocycles. The van der Waals surface area contributed by atoms with Crippen LogP contribution in [0.4, 0.5) is 0 Å². The van der Waals surface area contributed by atoms with Crippen LogP contribution in [0.25, 0.3) is 0 Å². The number of rotatable bonds is 3. The van der Waals surface area contributed by atoms with E-state index in [0.717, 1.165) is 50.3 Å². The quantitative estimate of drug-likeness (QED) is 0.702. The highest BCUT2D eigenvalue weighted by Crippen LogP contribution is 2.37. The lowest BCUT2D eigenvalue weighted by Crippen LogP contribution is -2.52. The fourth-order valence-electron chi connectivity index (χ4n) is 5.34. The van der Waals surface area contributed by atoms with Gasteiger partial charge in [0.2, 0.25) is 11.8 Å². The number of carbonyl (C=O) groups is 3. The number of ether oxygens (including phenoxy) is 1. The van der Waals surface area contributed by atoms with Crippen molar-refractivity contribution in [2.24, 2.45) is 5.73 Å². The van der Waals surface area contributed by atoms with E-state index >= 15 is 0 Å². The fraction of sp³-hybridized carbons (Fsp3) is 0.571. The minimum atomic E-state index is -0.577. The first-order valence-electron chi connectivity index (χ1n) is 10.3. The number of piperidine rings is 1. The van der Waals surface area contributed by atoms with Crippen LogP contribution < -0.4 is 11.1 Å². The van der Waals surface area contributed by atoms with Crippen molar-refractivity contribution in [3.63, 3.8) is 0 Å². The van der Waals surface area contributed by atoms with E-state index in [1.807, 2.05) is 12.1 Å². The number of nitrogens with one attached hydrogen (secondary N) is 1. The summed E-state index contributed by atoms with van der Waals surface area (Å²) in [5.41, 5.74) is 9.02. The van der Waals surface area contributed by atoms with Crippen molar-refractivity contribution in [1.29, 1.82) is 0 Å². The molecule has 1 aromatic rings. The number of hydrogen-bond donors (Lipinski definition) is 2. The molecule has 3 saturated heterocycles. The van der Waals surface area contributed by atoms with Gasteiger partial charge in [-0.3, -0.25) is 24.6 Å². The molecule has 3 unspecified atom stereocenters. The van der Waals surface area contributed by atoms with Crippen LogP contribution in [-0.2, 0) is 27.4 Å². The molecule has 3 fully saturated rings. The van der Waals surface area contributed by atoms with Crippen molar-refractivity contribution in [1.82, 2.24) is 15.1 Å². The Morgan fingerprint density at radius 2 is 2.14 bits per heavy atom. The maximum Gasteiger partial charge on any atom is 0.255 e. The topological polar surface area (TPSA) is 105 Å². The van der Waals surface area contributed by atoms with Gasteiger partial charge in [-0.25, -0.2) is 0 Å². The van der Waals surface area contributed by atoms with Crippen molar-refractivity contribution >= 4 is 17.7 Å². The SMILES string of the molecule is NC1CN(Cc2ccc3c(c2)CN(C2CCC(=O)NC2=O)C3=O)C2(CCOC2)C1. The van der Waals surface area contributed by atoms with Gasteiger partial charge >= 0.3 is 0 Å². The highest BCUT2D eigenvalue weighted by molar-refractivity contribution is 6.05. The Bertz CT molecular complexity index is 879. The van der Waals surface area contributed by atoms with Crippen molar-refractivity contribution in [3.8, 4) is 0 Å². The molecule has 0 bridgehead atoms. The van der Waals surface area contributed by atoms with Gasteiger partial charge in [-0.2, -0.15) is 0 Å². The molecule has 0 radical (unpaired) electrons. The van der Waals surface area contributed by atoms with Crippen LogP contribution in [0.3, 0.4) is 0 Å². The Morgan fingerprint density at radius 1 is 1.28 bits per heavy atom. The molecule has 8 heteroatoms. The lowest BCUT2D eigenvalue weighted by molar-refractivity contribution is -0.136. The van der Waals surface area contributed by atoms with E-state index in [1.54, 1.807) is 4.90 Å². The maximum atomic E-state index is 12.8. The summed E-state index contributed by atoms with van der Waals surface area (Å²) in [4.78, 5) is 40.5. The van der Waals surface area contributed by atoms with Gasteiger partial charge in [-0.1, -0.05) is 12.1 Å². The van der Waals surface area contributed by atoms with Crippen LogP contribution in [0, 0.1) is 0 Å². The van der Waals surface area contributed by atoms with Crippen LogP contribution in [-0.4, -0.2) is 64.9 Å². The van der Waals surface area contributed by atoms with Crippen molar-refractivity contribution in [2.45, 2.75) is 56.4 Å². The van der Waals surface area contributed by atoms with Gasteiger partial charge < -0.3 is 15.4 Å². The summed E-state index contributed by atoms with van der Waals surface area (Å²) in [6, 6.07) is 5.53. The monoisotopic (exact) mass is 398 g/mol. The minimum absolute atomic E-state index is 0.0347. The number of imide groups is 1. The average Bonchev–Trinajstić information content (AvgIpc) is 3.35. The lowest BCUT2D eigenvalue weighted by atomic mass is 9.93. The third-order valence-corrected chi connectivity index (χ3v) is 6.81. The fourth-order valence-corrected chi connectivity index (χ4v) is 5.34. The second-order valence-corrected chi connectivity index (χ2v) is 8.76. The van der Waals surface area contributed by atoms with Crippen LogP contribution in [0.15, 0.2) is 18.2 Å². The number of benzene rings is 1. The lowest BCUT2D eigenvalue weighted by Gasteiger charge is -2.33. The van der Waals surface area contributed by atoms with E-state index in [9.17, 15) is 14.4 Å². The van der Waals surface area contributed by atoms with Crippen molar-refractivity contribution in [3.05, 3.63) is 34.9 Å². The zero-order chi connectivity index (χ0) is 20.2. The summed E-state index contributed by atoms with van der Waals surface area (Å²) in [6.07, 6.45) is 2.61. The first kappa shape index (κ1) is 18.7. The van der Waals surface area contributed by atoms with Gasteiger partial charge in [-0.15, -0.1) is 0 Å². The third kappa shape index (κ3) is 3.15. The van der Waals surface area contributed by atoms with Gasteiger partial charge in [0.05, 0.1) is 6.61 Å². The smallest absolute Gasteiger partial charge is 0.255 e. The zero-order valence-corrected chi connectivity index (χ0v) is 16.4. The van der Waals surface area contributed by atoms with Crippen LogP contribution in [0.2, 0.25) is 0 Å². The van der Waals surface area contributed by atoms with Gasteiger partial charge in [0.15, 0.2) is 0 Å². The number of amides is 3. The van der Waals surface area contributed by atoms with Crippen molar-refractivity contribution < 1.29 is 19.1 Å². The molecule has 1 spiro atoms. The Hall–Kier alpha value is -2.29. The normalized spacial score (nSPS) is 32.3. The zero-order valence-electron chi connectivity index (χ0n) is 16.4. The molecule has 8 nitrogen and oxygen atoms in total. The van der Waals surface area contributed by atoms with E-state index in [-0.39, 0.29) is 35.7 Å². The van der Waals surface area contributed by atoms with Gasteiger partial charge in [0, 0.05) is 49.8 Å². The molecule has 0 saturated carbocycles. The average molecular weight is 398 g/mol. The van der Waals surface area contributed by atoms with E-state index in [4.69, 9.17) is 10.5 Å². The molecule has 0 aliphatic carbocycles. The number of hydrogen-bond acceptors (Lipinski definition) is 6. The van der Waals surface area contributed by atoms with Gasteiger partial charge in [0.25, 0.3) is 5.91 Å². The summed E-state index contributed by atoms with van der Waals surface area (Å²) in [5.74, 6) is -0.784. The van der Waals surface area contributed by atoms with Crippen LogP contribution >= 0.6 is 0 Å². The summed E-state index contributed by atoms with van der Waals surface area (Å²) in [5, 5.41) is 2.34. The van der Waals surface area contributed by atoms with E-state index < -0.39 is 6.04 Å². The number of nitrogens with zero attached hydrogens (tertiary/aromatic N) is 2. The first-order valence-corrected chi connectivity index (χ1v) is 10.3. The maximum absolute atomic E-state index is 12.8. The number of carbonyl (C=O) groups excluding carboxylic acids is 3. The predicted octanol–water partition coefficient (Wildman–Crippen LogP) is 0.140. The summed E-state index contributed by atoms with van der Waals surface area (Å²) in [7, 11) is 0. The summed E-state index contributed by atoms with van der Waals surface area (Å²) < 4.78 is 5.68. The molecule has 5 rings (SSSR count). The summed E-state index contributed by atoms with van der Waals surface area (Å²) >= 11 is 0. The summed E-state index contributed by atoms with van der Waals surface area (Å²) in [6.45, 7) is 3.54. The molecule has 3 N–H and O–H groups in total. The highest BCUT2D eigenvalue weighted by Gasteiger charge is 2.47. The molecule has 154 valence electrons. The second-order valence-electron chi connectivity index (χ2n) is 8.76. The molecular weight excluding hydrogens is 372 g/mol. The molecule has 4 aliphatic rings. The number of fused-ring (bicyclic) bond motifs is 1. The number of nitrogens with two attached hydrogens (primary N) is 1. The van der Waals surface area contributed by atoms with Crippen LogP contribution in [0.1, 0.15) is 47.2 Å².